The molecule has 0 unspecified atom stereocenters. The maximum Gasteiger partial charge on any atom is 0.176 e. The lowest BCUT2D eigenvalue weighted by Crippen LogP contribution is -1.83. The van der Waals surface area contributed by atoms with E-state index in [1.807, 2.05) is 13.8 Å². The van der Waals surface area contributed by atoms with Gasteiger partial charge in [-0.1, -0.05) is 13.5 Å². The fourth-order valence-electron chi connectivity index (χ4n) is 0.659. The molecule has 3 nitrogen and oxygen atoms in total. The number of aromatic amines is 1. The van der Waals surface area contributed by atoms with Crippen LogP contribution in [0.2, 0.25) is 0 Å². The van der Waals surface area contributed by atoms with Crippen molar-refractivity contribution in [3.05, 3.63) is 18.2 Å². The van der Waals surface area contributed by atoms with E-state index < -0.39 is 0 Å². The summed E-state index contributed by atoms with van der Waals surface area (Å²) in [5.74, 6) is 1.57. The van der Waals surface area contributed by atoms with Gasteiger partial charge in [-0.15, -0.1) is 0 Å². The minimum absolute atomic E-state index is 0.736. The van der Waals surface area contributed by atoms with Gasteiger partial charge in [-0.05, 0) is 18.9 Å². The van der Waals surface area contributed by atoms with Crippen LogP contribution in [0.5, 0.6) is 0 Å². The Morgan fingerprint density at radius 3 is 2.80 bits per heavy atom. The summed E-state index contributed by atoms with van der Waals surface area (Å²) in [5.41, 5.74) is 0.976. The zero-order valence-corrected chi connectivity index (χ0v) is 6.31. The van der Waals surface area contributed by atoms with Crippen LogP contribution in [0.25, 0.3) is 5.57 Å². The number of aromatic nitrogens is 3. The number of aryl methyl sites for hydroxylation is 1. The average Bonchev–Trinajstić information content (AvgIpc) is 2.34. The van der Waals surface area contributed by atoms with Crippen LogP contribution in [0.15, 0.2) is 6.58 Å². The highest BCUT2D eigenvalue weighted by Gasteiger charge is 2.00. The van der Waals surface area contributed by atoms with Gasteiger partial charge < -0.3 is 0 Å². The molecule has 0 aliphatic heterocycles. The van der Waals surface area contributed by atoms with Crippen LogP contribution in [0, 0.1) is 6.92 Å². The Hall–Kier alpha value is -1.12. The summed E-state index contributed by atoms with van der Waals surface area (Å²) in [6.07, 6.45) is 0.900. The number of nitrogens with zero attached hydrogens (tertiary/aromatic N) is 2. The van der Waals surface area contributed by atoms with Crippen LogP contribution in [-0.4, -0.2) is 15.2 Å². The van der Waals surface area contributed by atoms with E-state index in [0.717, 1.165) is 23.6 Å². The molecule has 10 heavy (non-hydrogen) atoms. The summed E-state index contributed by atoms with van der Waals surface area (Å²) in [4.78, 5) is 4.12. The molecular weight excluding hydrogens is 126 g/mol. The van der Waals surface area contributed by atoms with E-state index in [1.165, 1.54) is 0 Å². The third kappa shape index (κ3) is 1.23. The summed E-state index contributed by atoms with van der Waals surface area (Å²) in [7, 11) is 0. The molecule has 0 spiro atoms. The Bertz CT molecular complexity index is 237. The minimum Gasteiger partial charge on any atom is -0.263 e. The number of hydrogen-bond acceptors (Lipinski definition) is 2. The van der Waals surface area contributed by atoms with Crippen molar-refractivity contribution >= 4 is 5.57 Å². The van der Waals surface area contributed by atoms with Crippen molar-refractivity contribution < 1.29 is 0 Å². The molecule has 0 radical (unpaired) electrons. The molecular formula is C7H11N3. The van der Waals surface area contributed by atoms with E-state index in [4.69, 9.17) is 0 Å². The smallest absolute Gasteiger partial charge is 0.176 e. The van der Waals surface area contributed by atoms with E-state index in [9.17, 15) is 0 Å². The van der Waals surface area contributed by atoms with Crippen molar-refractivity contribution in [2.75, 3.05) is 0 Å². The average molecular weight is 137 g/mol. The monoisotopic (exact) mass is 137 g/mol. The second-order valence-corrected chi connectivity index (χ2v) is 2.20. The van der Waals surface area contributed by atoms with Gasteiger partial charge in [-0.25, -0.2) is 4.98 Å². The number of hydrogen-bond donors (Lipinski definition) is 1. The molecule has 0 aromatic carbocycles. The van der Waals surface area contributed by atoms with Gasteiger partial charge in [0, 0.05) is 0 Å². The molecule has 0 fully saturated rings. The van der Waals surface area contributed by atoms with Crippen molar-refractivity contribution in [3.8, 4) is 0 Å². The van der Waals surface area contributed by atoms with Gasteiger partial charge in [0.2, 0.25) is 0 Å². The molecule has 1 rings (SSSR count). The fraction of sp³-hybridized carbons (Fsp3) is 0.429. The highest BCUT2D eigenvalue weighted by Crippen LogP contribution is 2.08. The predicted molar refractivity (Wildman–Crippen MR) is 40.4 cm³/mol. The van der Waals surface area contributed by atoms with Crippen molar-refractivity contribution in [2.24, 2.45) is 0 Å². The van der Waals surface area contributed by atoms with Crippen molar-refractivity contribution in [1.82, 2.24) is 15.2 Å². The first-order chi connectivity index (χ1) is 4.74. The van der Waals surface area contributed by atoms with Gasteiger partial charge in [0.15, 0.2) is 5.82 Å². The number of allylic oxidation sites excluding steroid dienone is 1. The lowest BCUT2D eigenvalue weighted by Gasteiger charge is -1.90. The first-order valence-corrected chi connectivity index (χ1v) is 3.31. The van der Waals surface area contributed by atoms with Crippen LogP contribution in [0.3, 0.4) is 0 Å². The zero-order chi connectivity index (χ0) is 7.56. The standard InChI is InChI=1S/C7H11N3/c1-4-5(2)7-8-6(3)9-10-7/h2,4H2,1,3H3,(H,8,9,10). The van der Waals surface area contributed by atoms with Crippen molar-refractivity contribution in [2.45, 2.75) is 20.3 Å². The molecule has 0 atom stereocenters. The second kappa shape index (κ2) is 2.64. The maximum absolute atomic E-state index is 4.12. The van der Waals surface area contributed by atoms with Gasteiger partial charge in [0.1, 0.15) is 5.82 Å². The molecule has 0 amide bonds. The van der Waals surface area contributed by atoms with Gasteiger partial charge in [-0.2, -0.15) is 5.10 Å². The molecule has 0 bridgehead atoms. The quantitative estimate of drug-likeness (QED) is 0.671. The lowest BCUT2D eigenvalue weighted by atomic mass is 10.2. The number of nitrogens with one attached hydrogen (secondary N) is 1. The van der Waals surface area contributed by atoms with Crippen LogP contribution in [0.1, 0.15) is 25.0 Å². The SMILES string of the molecule is C=C(CC)c1n[nH]c(C)n1. The van der Waals surface area contributed by atoms with Crippen molar-refractivity contribution in [1.29, 1.82) is 0 Å². The molecule has 1 aromatic rings. The van der Waals surface area contributed by atoms with Crippen LogP contribution in [-0.2, 0) is 0 Å². The Morgan fingerprint density at radius 2 is 2.40 bits per heavy atom. The largest absolute Gasteiger partial charge is 0.263 e. The predicted octanol–water partition coefficient (Wildman–Crippen LogP) is 1.54. The van der Waals surface area contributed by atoms with E-state index in [1.54, 1.807) is 0 Å². The van der Waals surface area contributed by atoms with Gasteiger partial charge in [0.25, 0.3) is 0 Å². The minimum atomic E-state index is 0.736. The topological polar surface area (TPSA) is 41.6 Å². The first-order valence-electron chi connectivity index (χ1n) is 3.31. The lowest BCUT2D eigenvalue weighted by molar-refractivity contribution is 1.03. The molecule has 1 aromatic heterocycles. The second-order valence-electron chi connectivity index (χ2n) is 2.20. The molecule has 0 aliphatic carbocycles. The molecule has 3 heteroatoms. The molecule has 54 valence electrons. The van der Waals surface area contributed by atoms with E-state index in [2.05, 4.69) is 21.8 Å². The molecule has 0 saturated carbocycles. The third-order valence-corrected chi connectivity index (χ3v) is 1.34. The zero-order valence-electron chi connectivity index (χ0n) is 6.31. The Morgan fingerprint density at radius 1 is 1.70 bits per heavy atom. The fourth-order valence-corrected chi connectivity index (χ4v) is 0.659. The van der Waals surface area contributed by atoms with Crippen LogP contribution >= 0.6 is 0 Å². The van der Waals surface area contributed by atoms with Crippen LogP contribution in [0.4, 0.5) is 0 Å². The highest BCUT2D eigenvalue weighted by atomic mass is 15.2. The third-order valence-electron chi connectivity index (χ3n) is 1.34. The maximum atomic E-state index is 4.12. The van der Waals surface area contributed by atoms with Crippen molar-refractivity contribution in [3.63, 3.8) is 0 Å². The molecule has 0 saturated heterocycles. The molecule has 0 aliphatic rings. The Kier molecular flexibility index (Phi) is 1.85. The summed E-state index contributed by atoms with van der Waals surface area (Å²) >= 11 is 0. The van der Waals surface area contributed by atoms with Gasteiger partial charge in [-0.3, -0.25) is 5.10 Å². The van der Waals surface area contributed by atoms with Crippen LogP contribution < -0.4 is 0 Å². The van der Waals surface area contributed by atoms with E-state index in [0.29, 0.717) is 0 Å². The summed E-state index contributed by atoms with van der Waals surface area (Å²) in [6.45, 7) is 7.72. The highest BCUT2D eigenvalue weighted by molar-refractivity contribution is 5.55. The summed E-state index contributed by atoms with van der Waals surface area (Å²) in [5, 5.41) is 6.71. The molecule has 1 N–H and O–H groups in total. The number of H-pyrrole nitrogens is 1. The number of rotatable bonds is 2. The normalized spacial score (nSPS) is 9.80. The Balaban J connectivity index is 2.85. The summed E-state index contributed by atoms with van der Waals surface area (Å²) in [6, 6.07) is 0. The van der Waals surface area contributed by atoms with E-state index >= 15 is 0 Å². The molecule has 1 heterocycles. The first kappa shape index (κ1) is 6.99. The Labute approximate surface area is 60.2 Å². The van der Waals surface area contributed by atoms with E-state index in [-0.39, 0.29) is 0 Å². The van der Waals surface area contributed by atoms with Gasteiger partial charge >= 0.3 is 0 Å². The van der Waals surface area contributed by atoms with Gasteiger partial charge in [0.05, 0.1) is 0 Å². The summed E-state index contributed by atoms with van der Waals surface area (Å²) < 4.78 is 0.